The van der Waals surface area contributed by atoms with Gasteiger partial charge in [0.05, 0.1) is 6.04 Å². The second-order valence-electron chi connectivity index (χ2n) is 6.01. The smallest absolute Gasteiger partial charge is 0.223 e. The highest BCUT2D eigenvalue weighted by Gasteiger charge is 2.27. The summed E-state index contributed by atoms with van der Waals surface area (Å²) in [6.07, 6.45) is 5.03. The van der Waals surface area contributed by atoms with E-state index in [-0.39, 0.29) is 17.9 Å². The van der Waals surface area contributed by atoms with Gasteiger partial charge in [0.25, 0.3) is 0 Å². The monoisotopic (exact) mass is 332 g/mol. The molecule has 2 amide bonds. The lowest BCUT2D eigenvalue weighted by atomic mass is 10.0. The van der Waals surface area contributed by atoms with Gasteiger partial charge in [-0.1, -0.05) is 6.07 Å². The third-order valence-electron chi connectivity index (χ3n) is 4.53. The number of amides is 2. The quantitative estimate of drug-likeness (QED) is 0.823. The normalized spacial score (nSPS) is 17.6. The van der Waals surface area contributed by atoms with Gasteiger partial charge in [-0.25, -0.2) is 0 Å². The maximum Gasteiger partial charge on any atom is 0.223 e. The molecule has 2 rings (SSSR count). The van der Waals surface area contributed by atoms with Crippen molar-refractivity contribution in [1.82, 2.24) is 20.1 Å². The maximum absolute atomic E-state index is 12.6. The summed E-state index contributed by atoms with van der Waals surface area (Å²) in [5.74, 6) is 0.259. The summed E-state index contributed by atoms with van der Waals surface area (Å²) in [5, 5.41) is 3.34. The molecule has 1 unspecified atom stereocenters. The molecule has 0 aliphatic carbocycles. The molecule has 0 bridgehead atoms. The molecule has 132 valence electrons. The first-order chi connectivity index (χ1) is 11.7. The number of carbonyl (C=O) groups excluding carboxylic acids is 2. The standard InChI is InChI=1S/C18H28N4O2/c1-3-21(4-2)17(23)8-5-9-18(24)22-12-11-20-14-16(22)15-7-6-10-19-13-15/h6-7,10,13,16,20H,3-5,8-9,11-12,14H2,1-2H3. The molecular weight excluding hydrogens is 304 g/mol. The number of piperazine rings is 1. The fourth-order valence-electron chi connectivity index (χ4n) is 3.14. The van der Waals surface area contributed by atoms with Crippen molar-refractivity contribution >= 4 is 11.8 Å². The van der Waals surface area contributed by atoms with Gasteiger partial charge in [-0.15, -0.1) is 0 Å². The average Bonchev–Trinajstić information content (AvgIpc) is 2.63. The van der Waals surface area contributed by atoms with Gasteiger partial charge in [0.1, 0.15) is 0 Å². The lowest BCUT2D eigenvalue weighted by Gasteiger charge is -2.36. The molecule has 6 nitrogen and oxygen atoms in total. The molecule has 1 aliphatic heterocycles. The molecule has 1 aromatic rings. The predicted molar refractivity (Wildman–Crippen MR) is 93.3 cm³/mol. The van der Waals surface area contributed by atoms with Gasteiger partial charge in [0, 0.05) is 58.0 Å². The van der Waals surface area contributed by atoms with Crippen LogP contribution in [0.5, 0.6) is 0 Å². The molecule has 1 atom stereocenters. The Morgan fingerprint density at radius 2 is 2.12 bits per heavy atom. The van der Waals surface area contributed by atoms with E-state index >= 15 is 0 Å². The minimum atomic E-state index is 0.0263. The van der Waals surface area contributed by atoms with Gasteiger partial charge >= 0.3 is 0 Å². The van der Waals surface area contributed by atoms with Gasteiger partial charge in [0.15, 0.2) is 0 Å². The van der Waals surface area contributed by atoms with Crippen LogP contribution in [0.2, 0.25) is 0 Å². The van der Waals surface area contributed by atoms with Crippen LogP contribution in [0.1, 0.15) is 44.7 Å². The van der Waals surface area contributed by atoms with Gasteiger partial charge in [-0.2, -0.15) is 0 Å². The molecule has 1 aromatic heterocycles. The molecule has 1 saturated heterocycles. The number of pyridine rings is 1. The number of hydrogen-bond donors (Lipinski definition) is 1. The van der Waals surface area contributed by atoms with Gasteiger partial charge in [0.2, 0.25) is 11.8 Å². The number of rotatable bonds is 7. The van der Waals surface area contributed by atoms with Crippen molar-refractivity contribution in [2.24, 2.45) is 0 Å². The first kappa shape index (κ1) is 18.4. The van der Waals surface area contributed by atoms with Crippen molar-refractivity contribution < 1.29 is 9.59 Å². The third kappa shape index (κ3) is 4.77. The van der Waals surface area contributed by atoms with Crippen LogP contribution in [0.15, 0.2) is 24.5 Å². The highest BCUT2D eigenvalue weighted by atomic mass is 16.2. The van der Waals surface area contributed by atoms with Crippen LogP contribution in [0.25, 0.3) is 0 Å². The SMILES string of the molecule is CCN(CC)C(=O)CCCC(=O)N1CCNCC1c1cccnc1. The Morgan fingerprint density at radius 1 is 1.33 bits per heavy atom. The van der Waals surface area contributed by atoms with E-state index in [0.29, 0.717) is 25.8 Å². The summed E-state index contributed by atoms with van der Waals surface area (Å²) < 4.78 is 0. The maximum atomic E-state index is 12.6. The van der Waals surface area contributed by atoms with E-state index in [9.17, 15) is 9.59 Å². The molecule has 24 heavy (non-hydrogen) atoms. The van der Waals surface area contributed by atoms with Crippen molar-refractivity contribution in [2.45, 2.75) is 39.2 Å². The van der Waals surface area contributed by atoms with Crippen LogP contribution >= 0.6 is 0 Å². The van der Waals surface area contributed by atoms with E-state index in [1.807, 2.05) is 42.0 Å². The number of nitrogens with one attached hydrogen (secondary N) is 1. The molecule has 2 heterocycles. The van der Waals surface area contributed by atoms with E-state index < -0.39 is 0 Å². The molecule has 0 spiro atoms. The first-order valence-corrected chi connectivity index (χ1v) is 8.85. The van der Waals surface area contributed by atoms with Crippen LogP contribution < -0.4 is 5.32 Å². The summed E-state index contributed by atoms with van der Waals surface area (Å²) in [4.78, 5) is 32.6. The van der Waals surface area contributed by atoms with Crippen LogP contribution in [0, 0.1) is 0 Å². The summed E-state index contributed by atoms with van der Waals surface area (Å²) in [7, 11) is 0. The molecule has 1 aliphatic rings. The molecule has 1 fully saturated rings. The van der Waals surface area contributed by atoms with E-state index in [1.165, 1.54) is 0 Å². The van der Waals surface area contributed by atoms with Gasteiger partial charge in [-0.05, 0) is 31.9 Å². The zero-order valence-electron chi connectivity index (χ0n) is 14.7. The molecule has 6 heteroatoms. The van der Waals surface area contributed by atoms with Crippen molar-refractivity contribution in [1.29, 1.82) is 0 Å². The fraction of sp³-hybridized carbons (Fsp3) is 0.611. The number of aromatic nitrogens is 1. The lowest BCUT2D eigenvalue weighted by Crippen LogP contribution is -2.48. The van der Waals surface area contributed by atoms with Gasteiger partial charge < -0.3 is 15.1 Å². The van der Waals surface area contributed by atoms with E-state index in [0.717, 1.165) is 31.7 Å². The molecular formula is C18H28N4O2. The molecule has 1 N–H and O–H groups in total. The van der Waals surface area contributed by atoms with Gasteiger partial charge in [-0.3, -0.25) is 14.6 Å². The van der Waals surface area contributed by atoms with Crippen LogP contribution in [-0.2, 0) is 9.59 Å². The highest BCUT2D eigenvalue weighted by molar-refractivity contribution is 5.79. The summed E-state index contributed by atoms with van der Waals surface area (Å²) in [6, 6.07) is 3.93. The fourth-order valence-corrected chi connectivity index (χ4v) is 3.14. The minimum Gasteiger partial charge on any atom is -0.343 e. The number of nitrogens with zero attached hydrogens (tertiary/aromatic N) is 3. The Bertz CT molecular complexity index is 531. The van der Waals surface area contributed by atoms with E-state index in [1.54, 1.807) is 6.20 Å². The third-order valence-corrected chi connectivity index (χ3v) is 4.53. The van der Waals surface area contributed by atoms with E-state index in [4.69, 9.17) is 0 Å². The van der Waals surface area contributed by atoms with Crippen LogP contribution in [-0.4, -0.2) is 59.3 Å². The Balaban J connectivity index is 1.89. The molecule has 0 saturated carbocycles. The predicted octanol–water partition coefficient (Wildman–Crippen LogP) is 1.59. The Kier molecular flexibility index (Phi) is 7.18. The lowest BCUT2D eigenvalue weighted by molar-refractivity contribution is -0.135. The minimum absolute atomic E-state index is 0.0263. The number of carbonyl (C=O) groups is 2. The molecule has 0 radical (unpaired) electrons. The topological polar surface area (TPSA) is 65.5 Å². The molecule has 0 aromatic carbocycles. The second kappa shape index (κ2) is 9.37. The largest absolute Gasteiger partial charge is 0.343 e. The zero-order valence-corrected chi connectivity index (χ0v) is 14.7. The average molecular weight is 332 g/mol. The Hall–Kier alpha value is -1.95. The Morgan fingerprint density at radius 3 is 2.79 bits per heavy atom. The Labute approximate surface area is 144 Å². The van der Waals surface area contributed by atoms with Crippen LogP contribution in [0.3, 0.4) is 0 Å². The first-order valence-electron chi connectivity index (χ1n) is 8.85. The number of hydrogen-bond acceptors (Lipinski definition) is 4. The summed E-state index contributed by atoms with van der Waals surface area (Å²) in [5.41, 5.74) is 1.05. The zero-order chi connectivity index (χ0) is 17.4. The van der Waals surface area contributed by atoms with Crippen molar-refractivity contribution in [3.8, 4) is 0 Å². The van der Waals surface area contributed by atoms with Crippen molar-refractivity contribution in [3.05, 3.63) is 30.1 Å². The summed E-state index contributed by atoms with van der Waals surface area (Å²) in [6.45, 7) is 7.66. The summed E-state index contributed by atoms with van der Waals surface area (Å²) >= 11 is 0. The van der Waals surface area contributed by atoms with Crippen molar-refractivity contribution in [2.75, 3.05) is 32.7 Å². The van der Waals surface area contributed by atoms with E-state index in [2.05, 4.69) is 10.3 Å². The van der Waals surface area contributed by atoms with Crippen molar-refractivity contribution in [3.63, 3.8) is 0 Å². The second-order valence-corrected chi connectivity index (χ2v) is 6.01. The highest BCUT2D eigenvalue weighted by Crippen LogP contribution is 2.22. The van der Waals surface area contributed by atoms with Crippen LogP contribution in [0.4, 0.5) is 0 Å².